The van der Waals surface area contributed by atoms with E-state index in [2.05, 4.69) is 62.6 Å². The summed E-state index contributed by atoms with van der Waals surface area (Å²) >= 11 is 0. The van der Waals surface area contributed by atoms with E-state index < -0.39 is 0 Å². The van der Waals surface area contributed by atoms with Crippen molar-refractivity contribution in [2.75, 3.05) is 31.6 Å². The number of nitrogens with one attached hydrogen (secondary N) is 1. The molecule has 2 aromatic heterocycles. The topological polar surface area (TPSA) is 75.5 Å². The van der Waals surface area contributed by atoms with Crippen molar-refractivity contribution in [3.05, 3.63) is 102 Å². The molecule has 1 aliphatic heterocycles. The van der Waals surface area contributed by atoms with Gasteiger partial charge in [-0.1, -0.05) is 24.3 Å². The van der Waals surface area contributed by atoms with E-state index in [1.54, 1.807) is 19.6 Å². The van der Waals surface area contributed by atoms with Crippen LogP contribution < -0.4 is 15.0 Å². The van der Waals surface area contributed by atoms with Crippen molar-refractivity contribution in [3.63, 3.8) is 0 Å². The van der Waals surface area contributed by atoms with E-state index in [9.17, 15) is 4.79 Å². The van der Waals surface area contributed by atoms with E-state index in [0.29, 0.717) is 32.7 Å². The van der Waals surface area contributed by atoms with E-state index in [0.717, 1.165) is 34.9 Å². The predicted octanol–water partition coefficient (Wildman–Crippen LogP) is 3.41. The summed E-state index contributed by atoms with van der Waals surface area (Å²) in [5.74, 6) is 0.945. The first-order chi connectivity index (χ1) is 17.7. The van der Waals surface area contributed by atoms with Gasteiger partial charge in [-0.3, -0.25) is 9.78 Å². The maximum atomic E-state index is 12.3. The minimum absolute atomic E-state index is 0.109. The van der Waals surface area contributed by atoms with Crippen molar-refractivity contribution >= 4 is 11.6 Å². The third-order valence-corrected chi connectivity index (χ3v) is 6.30. The molecule has 0 radical (unpaired) electrons. The highest BCUT2D eigenvalue weighted by Gasteiger charge is 2.19. The molecular formula is C28H30N6O2. The van der Waals surface area contributed by atoms with Gasteiger partial charge in [0.25, 0.3) is 0 Å². The van der Waals surface area contributed by atoms with Gasteiger partial charge < -0.3 is 24.4 Å². The zero-order valence-electron chi connectivity index (χ0n) is 20.4. The minimum Gasteiger partial charge on any atom is -0.497 e. The van der Waals surface area contributed by atoms with Gasteiger partial charge in [0.05, 0.1) is 32.2 Å². The molecule has 1 aliphatic rings. The number of rotatable bonds is 9. The number of pyridine rings is 1. The molecule has 0 saturated carbocycles. The molecule has 36 heavy (non-hydrogen) atoms. The molecular weight excluding hydrogens is 452 g/mol. The number of carbonyl (C=O) groups excluding carboxylic acids is 1. The van der Waals surface area contributed by atoms with Crippen molar-refractivity contribution in [1.29, 1.82) is 0 Å². The number of hydrogen-bond donors (Lipinski definition) is 1. The first-order valence-electron chi connectivity index (χ1n) is 12.1. The lowest BCUT2D eigenvalue weighted by atomic mass is 10.1. The number of carbonyl (C=O) groups is 1. The molecule has 0 unspecified atom stereocenters. The number of benzene rings is 2. The first kappa shape index (κ1) is 23.6. The van der Waals surface area contributed by atoms with Crippen molar-refractivity contribution in [3.8, 4) is 11.4 Å². The third kappa shape index (κ3) is 5.72. The average molecular weight is 483 g/mol. The van der Waals surface area contributed by atoms with Gasteiger partial charge in [0, 0.05) is 56.1 Å². The highest BCUT2D eigenvalue weighted by atomic mass is 16.5. The van der Waals surface area contributed by atoms with Gasteiger partial charge in [-0.2, -0.15) is 0 Å². The molecule has 0 bridgehead atoms. The Bertz CT molecular complexity index is 1310. The Morgan fingerprint density at radius 1 is 1.03 bits per heavy atom. The number of hydrogen-bond acceptors (Lipinski definition) is 6. The second kappa shape index (κ2) is 11.0. The fraction of sp³-hybridized carbons (Fsp3) is 0.250. The van der Waals surface area contributed by atoms with Crippen LogP contribution in [0, 0.1) is 0 Å². The Balaban J connectivity index is 1.43. The zero-order chi connectivity index (χ0) is 24.7. The van der Waals surface area contributed by atoms with E-state index in [1.165, 1.54) is 5.56 Å². The van der Waals surface area contributed by atoms with Crippen LogP contribution >= 0.6 is 0 Å². The lowest BCUT2D eigenvalue weighted by Gasteiger charge is -2.28. The van der Waals surface area contributed by atoms with E-state index in [4.69, 9.17) is 4.74 Å². The van der Waals surface area contributed by atoms with Gasteiger partial charge in [-0.05, 0) is 47.5 Å². The minimum atomic E-state index is 0.109. The summed E-state index contributed by atoms with van der Waals surface area (Å²) in [5, 5.41) is 3.12. The molecule has 8 heteroatoms. The Morgan fingerprint density at radius 2 is 1.86 bits per heavy atom. The van der Waals surface area contributed by atoms with Crippen LogP contribution in [-0.4, -0.2) is 52.1 Å². The summed E-state index contributed by atoms with van der Waals surface area (Å²) in [4.78, 5) is 25.2. The van der Waals surface area contributed by atoms with Gasteiger partial charge in [0.15, 0.2) is 0 Å². The van der Waals surface area contributed by atoms with E-state index in [1.807, 2.05) is 40.1 Å². The normalized spacial score (nSPS) is 13.6. The quantitative estimate of drug-likeness (QED) is 0.394. The molecule has 1 saturated heterocycles. The summed E-state index contributed by atoms with van der Waals surface area (Å²) < 4.78 is 7.46. The SMILES string of the molecule is COc1cccc(CN(Cc2cccc(-n3ccnc3)c2)c2ccnc(CN3CCNCC3=O)c2)c1. The molecule has 184 valence electrons. The van der Waals surface area contributed by atoms with Crippen molar-refractivity contribution in [1.82, 2.24) is 24.8 Å². The maximum absolute atomic E-state index is 12.3. The summed E-state index contributed by atoms with van der Waals surface area (Å²) in [6.45, 7) is 3.80. The summed E-state index contributed by atoms with van der Waals surface area (Å²) in [5.41, 5.74) is 5.33. The van der Waals surface area contributed by atoms with Crippen molar-refractivity contribution < 1.29 is 9.53 Å². The monoisotopic (exact) mass is 482 g/mol. The number of aromatic nitrogens is 3. The number of piperazine rings is 1. The van der Waals surface area contributed by atoms with E-state index in [-0.39, 0.29) is 5.91 Å². The van der Waals surface area contributed by atoms with Crippen molar-refractivity contribution in [2.24, 2.45) is 0 Å². The predicted molar refractivity (Wildman–Crippen MR) is 139 cm³/mol. The standard InChI is InChI=1S/C28H30N6O2/c1-36-27-7-3-5-23(15-27)19-34(18-22-4-2-6-25(14-22)33-13-11-30-21-33)26-8-9-31-24(16-26)20-32-12-10-29-17-28(32)35/h2-9,11,13-16,21,29H,10,12,17-20H2,1H3. The van der Waals surface area contributed by atoms with Crippen LogP contribution in [0.4, 0.5) is 5.69 Å². The highest BCUT2D eigenvalue weighted by Crippen LogP contribution is 2.24. The first-order valence-corrected chi connectivity index (χ1v) is 12.1. The molecule has 8 nitrogen and oxygen atoms in total. The number of ether oxygens (including phenoxy) is 1. The molecule has 1 fully saturated rings. The fourth-order valence-electron chi connectivity index (χ4n) is 4.43. The Morgan fingerprint density at radius 3 is 2.64 bits per heavy atom. The molecule has 1 N–H and O–H groups in total. The van der Waals surface area contributed by atoms with E-state index >= 15 is 0 Å². The number of imidazole rings is 1. The molecule has 0 atom stereocenters. The number of anilines is 1. The molecule has 4 aromatic rings. The van der Waals surface area contributed by atoms with Crippen LogP contribution in [-0.2, 0) is 24.4 Å². The molecule has 0 spiro atoms. The van der Waals surface area contributed by atoms with Crippen LogP contribution in [0.15, 0.2) is 85.6 Å². The third-order valence-electron chi connectivity index (χ3n) is 6.30. The highest BCUT2D eigenvalue weighted by molar-refractivity contribution is 5.79. The van der Waals surface area contributed by atoms with Gasteiger partial charge >= 0.3 is 0 Å². The van der Waals surface area contributed by atoms with Crippen LogP contribution in [0.3, 0.4) is 0 Å². The Kier molecular flexibility index (Phi) is 7.23. The Hall–Kier alpha value is -4.17. The molecule has 3 heterocycles. The van der Waals surface area contributed by atoms with Gasteiger partial charge in [-0.15, -0.1) is 0 Å². The van der Waals surface area contributed by atoms with Crippen LogP contribution in [0.25, 0.3) is 5.69 Å². The number of methoxy groups -OCH3 is 1. The zero-order valence-corrected chi connectivity index (χ0v) is 20.4. The lowest BCUT2D eigenvalue weighted by molar-refractivity contribution is -0.132. The smallest absolute Gasteiger partial charge is 0.236 e. The maximum Gasteiger partial charge on any atom is 0.236 e. The Labute approximate surface area is 211 Å². The number of amides is 1. The summed E-state index contributed by atoms with van der Waals surface area (Å²) in [7, 11) is 1.69. The second-order valence-corrected chi connectivity index (χ2v) is 8.84. The lowest BCUT2D eigenvalue weighted by Crippen LogP contribution is -2.47. The molecule has 2 aromatic carbocycles. The van der Waals surface area contributed by atoms with Crippen LogP contribution in [0.1, 0.15) is 16.8 Å². The molecule has 1 amide bonds. The second-order valence-electron chi connectivity index (χ2n) is 8.84. The van der Waals surface area contributed by atoms with Gasteiger partial charge in [0.2, 0.25) is 5.91 Å². The number of nitrogens with zero attached hydrogens (tertiary/aromatic N) is 5. The fourth-order valence-corrected chi connectivity index (χ4v) is 4.43. The average Bonchev–Trinajstić information content (AvgIpc) is 3.46. The largest absolute Gasteiger partial charge is 0.497 e. The van der Waals surface area contributed by atoms with Crippen LogP contribution in [0.2, 0.25) is 0 Å². The van der Waals surface area contributed by atoms with Gasteiger partial charge in [0.1, 0.15) is 5.75 Å². The van der Waals surface area contributed by atoms with Crippen molar-refractivity contribution in [2.45, 2.75) is 19.6 Å². The summed E-state index contributed by atoms with van der Waals surface area (Å²) in [6, 6.07) is 20.7. The molecule has 5 rings (SSSR count). The van der Waals surface area contributed by atoms with Crippen LogP contribution in [0.5, 0.6) is 5.75 Å². The van der Waals surface area contributed by atoms with Gasteiger partial charge in [-0.25, -0.2) is 4.98 Å². The molecule has 0 aliphatic carbocycles. The summed E-state index contributed by atoms with van der Waals surface area (Å²) in [6.07, 6.45) is 7.36.